The molecule has 2 aliphatic rings. The Morgan fingerprint density at radius 3 is 2.55 bits per heavy atom. The molecule has 0 atom stereocenters. The van der Waals surface area contributed by atoms with Gasteiger partial charge in [-0.05, 0) is 38.1 Å². The number of ether oxygens (including phenoxy) is 1. The van der Waals surface area contributed by atoms with Crippen molar-refractivity contribution in [3.63, 3.8) is 0 Å². The molecule has 176 valence electrons. The average molecular weight is 475 g/mol. The fourth-order valence-corrected chi connectivity index (χ4v) is 5.37. The number of amides is 1. The van der Waals surface area contributed by atoms with E-state index in [4.69, 9.17) is 9.26 Å². The lowest BCUT2D eigenvalue weighted by Gasteiger charge is -2.34. The minimum atomic E-state index is -2.95. The molecule has 3 aromatic rings. The van der Waals surface area contributed by atoms with Crippen LogP contribution in [-0.2, 0) is 14.6 Å². The molecule has 0 radical (unpaired) electrons. The lowest BCUT2D eigenvalue weighted by Crippen LogP contribution is -2.50. The van der Waals surface area contributed by atoms with Crippen LogP contribution in [0.5, 0.6) is 0 Å². The molecule has 12 heteroatoms. The fraction of sp³-hybridized carbons (Fsp3) is 0.524. The molecule has 4 heterocycles. The zero-order valence-corrected chi connectivity index (χ0v) is 19.6. The number of benzene rings is 1. The summed E-state index contributed by atoms with van der Waals surface area (Å²) in [5.74, 6) is 1.05. The number of fused-ring (bicyclic) bond motifs is 1. The van der Waals surface area contributed by atoms with Crippen LogP contribution in [0.2, 0.25) is 0 Å². The Hall–Kier alpha value is -3.15. The number of carbonyl (C=O) groups excluding carboxylic acids is 1. The molecule has 5 rings (SSSR count). The molecular formula is C21H26N6O5S. The first kappa shape index (κ1) is 21.7. The van der Waals surface area contributed by atoms with E-state index >= 15 is 0 Å². The molecule has 1 amide bonds. The lowest BCUT2D eigenvalue weighted by molar-refractivity contribution is 0.0240. The van der Waals surface area contributed by atoms with Gasteiger partial charge in [-0.25, -0.2) is 13.2 Å². The van der Waals surface area contributed by atoms with Crippen LogP contribution in [-0.4, -0.2) is 82.6 Å². The van der Waals surface area contributed by atoms with E-state index in [1.54, 1.807) is 15.8 Å². The Kier molecular flexibility index (Phi) is 5.07. The van der Waals surface area contributed by atoms with Gasteiger partial charge in [-0.1, -0.05) is 6.07 Å². The zero-order chi connectivity index (χ0) is 23.4. The maximum Gasteiger partial charge on any atom is 0.410 e. The first-order chi connectivity index (χ1) is 15.6. The lowest BCUT2D eigenvalue weighted by atomic mass is 10.1. The molecule has 2 aliphatic heterocycles. The van der Waals surface area contributed by atoms with E-state index in [-0.39, 0.29) is 23.6 Å². The summed E-state index contributed by atoms with van der Waals surface area (Å²) in [6, 6.07) is 5.53. The van der Waals surface area contributed by atoms with Crippen molar-refractivity contribution in [1.82, 2.24) is 24.8 Å². The van der Waals surface area contributed by atoms with Crippen LogP contribution in [0.1, 0.15) is 26.8 Å². The second kappa shape index (κ2) is 7.72. The van der Waals surface area contributed by atoms with E-state index in [0.717, 1.165) is 16.5 Å². The molecule has 2 saturated heterocycles. The van der Waals surface area contributed by atoms with Gasteiger partial charge in [0.15, 0.2) is 9.84 Å². The van der Waals surface area contributed by atoms with Crippen LogP contribution in [0.3, 0.4) is 0 Å². The van der Waals surface area contributed by atoms with Crippen LogP contribution in [0.4, 0.5) is 10.7 Å². The highest BCUT2D eigenvalue weighted by atomic mass is 32.2. The first-order valence-electron chi connectivity index (χ1n) is 10.8. The number of anilines is 1. The van der Waals surface area contributed by atoms with E-state index in [1.165, 1.54) is 0 Å². The van der Waals surface area contributed by atoms with E-state index in [0.29, 0.717) is 38.0 Å². The van der Waals surface area contributed by atoms with Crippen molar-refractivity contribution in [1.29, 1.82) is 0 Å². The van der Waals surface area contributed by atoms with Gasteiger partial charge in [0.25, 0.3) is 11.8 Å². The van der Waals surface area contributed by atoms with Crippen LogP contribution >= 0.6 is 0 Å². The summed E-state index contributed by atoms with van der Waals surface area (Å²) in [5.41, 5.74) is 1.04. The summed E-state index contributed by atoms with van der Waals surface area (Å²) in [6.07, 6.45) is 1.41. The Labute approximate surface area is 191 Å². The van der Waals surface area contributed by atoms with Crippen LogP contribution < -0.4 is 4.90 Å². The molecule has 0 bridgehead atoms. The topological polar surface area (TPSA) is 124 Å². The smallest absolute Gasteiger partial charge is 0.410 e. The molecule has 0 unspecified atom stereocenters. The van der Waals surface area contributed by atoms with Crippen molar-refractivity contribution < 1.29 is 22.5 Å². The maximum absolute atomic E-state index is 12.3. The SMILES string of the molecule is CC(C)(C)OC(=O)N1CCN(c2noc(-c3ccc4cnn(C5CS(=O)(=O)C5)c4c3)n2)CC1. The second-order valence-corrected chi connectivity index (χ2v) is 11.6. The molecule has 33 heavy (non-hydrogen) atoms. The summed E-state index contributed by atoms with van der Waals surface area (Å²) in [5, 5.41) is 9.41. The van der Waals surface area contributed by atoms with Crippen molar-refractivity contribution in [2.24, 2.45) is 0 Å². The highest BCUT2D eigenvalue weighted by Gasteiger charge is 2.36. The van der Waals surface area contributed by atoms with Crippen molar-refractivity contribution in [3.05, 3.63) is 24.4 Å². The summed E-state index contributed by atoms with van der Waals surface area (Å²) in [6.45, 7) is 7.70. The number of hydrogen-bond acceptors (Lipinski definition) is 9. The number of nitrogens with zero attached hydrogens (tertiary/aromatic N) is 6. The van der Waals surface area contributed by atoms with Gasteiger partial charge in [-0.3, -0.25) is 4.68 Å². The molecule has 0 saturated carbocycles. The largest absolute Gasteiger partial charge is 0.444 e. The monoisotopic (exact) mass is 474 g/mol. The third kappa shape index (κ3) is 4.39. The number of carbonyl (C=O) groups is 1. The Morgan fingerprint density at radius 1 is 1.15 bits per heavy atom. The fourth-order valence-electron chi connectivity index (χ4n) is 4.02. The predicted octanol–water partition coefficient (Wildman–Crippen LogP) is 2.11. The number of hydrogen-bond donors (Lipinski definition) is 0. The molecule has 2 aromatic heterocycles. The molecule has 2 fully saturated rings. The minimum Gasteiger partial charge on any atom is -0.444 e. The van der Waals surface area contributed by atoms with Gasteiger partial charge in [0.2, 0.25) is 0 Å². The number of rotatable bonds is 3. The summed E-state index contributed by atoms with van der Waals surface area (Å²) in [4.78, 5) is 20.5. The molecule has 0 N–H and O–H groups in total. The van der Waals surface area contributed by atoms with Gasteiger partial charge in [0.1, 0.15) is 5.60 Å². The second-order valence-electron chi connectivity index (χ2n) is 9.45. The van der Waals surface area contributed by atoms with Gasteiger partial charge in [0, 0.05) is 37.1 Å². The summed E-state index contributed by atoms with van der Waals surface area (Å²) >= 11 is 0. The first-order valence-corrected chi connectivity index (χ1v) is 12.6. The van der Waals surface area contributed by atoms with Crippen LogP contribution in [0, 0.1) is 0 Å². The molecule has 0 aliphatic carbocycles. The zero-order valence-electron chi connectivity index (χ0n) is 18.8. The third-order valence-corrected chi connectivity index (χ3v) is 7.50. The maximum atomic E-state index is 12.3. The van der Waals surface area contributed by atoms with Gasteiger partial charge in [-0.15, -0.1) is 0 Å². The molecular weight excluding hydrogens is 448 g/mol. The quantitative estimate of drug-likeness (QED) is 0.561. The van der Waals surface area contributed by atoms with Crippen LogP contribution in [0.15, 0.2) is 28.9 Å². The average Bonchev–Trinajstić information content (AvgIpc) is 3.38. The summed E-state index contributed by atoms with van der Waals surface area (Å²) < 4.78 is 35.9. The Bertz CT molecular complexity index is 1290. The summed E-state index contributed by atoms with van der Waals surface area (Å²) in [7, 11) is -2.95. The van der Waals surface area contributed by atoms with E-state index in [2.05, 4.69) is 15.2 Å². The Morgan fingerprint density at radius 2 is 1.88 bits per heavy atom. The number of aromatic nitrogens is 4. The third-order valence-electron chi connectivity index (χ3n) is 5.71. The van der Waals surface area contributed by atoms with Crippen molar-refractivity contribution in [2.75, 3.05) is 42.6 Å². The predicted molar refractivity (Wildman–Crippen MR) is 121 cm³/mol. The van der Waals surface area contributed by atoms with Crippen molar-refractivity contribution in [2.45, 2.75) is 32.4 Å². The molecule has 11 nitrogen and oxygen atoms in total. The van der Waals surface area contributed by atoms with Crippen molar-refractivity contribution in [3.8, 4) is 11.5 Å². The van der Waals surface area contributed by atoms with E-state index in [1.807, 2.05) is 43.9 Å². The molecule has 0 spiro atoms. The van der Waals surface area contributed by atoms with E-state index < -0.39 is 15.4 Å². The van der Waals surface area contributed by atoms with E-state index in [9.17, 15) is 13.2 Å². The number of piperazine rings is 1. The standard InChI is InChI=1S/C21H26N6O5S/c1-21(2,3)31-20(28)26-8-6-25(7-9-26)19-23-18(32-24-19)14-4-5-15-11-22-27(17(15)10-14)16-12-33(29,30)13-16/h4-5,10-11,16H,6-9,12-13H2,1-3H3. The van der Waals surface area contributed by atoms with Gasteiger partial charge in [0.05, 0.1) is 29.3 Å². The van der Waals surface area contributed by atoms with Crippen LogP contribution in [0.25, 0.3) is 22.4 Å². The number of sulfone groups is 1. The van der Waals surface area contributed by atoms with Gasteiger partial charge < -0.3 is 19.1 Å². The van der Waals surface area contributed by atoms with Gasteiger partial charge in [-0.2, -0.15) is 10.1 Å². The normalized spacial score (nSPS) is 19.0. The Balaban J connectivity index is 1.29. The highest BCUT2D eigenvalue weighted by molar-refractivity contribution is 7.92. The molecule has 1 aromatic carbocycles. The van der Waals surface area contributed by atoms with Gasteiger partial charge >= 0.3 is 6.09 Å². The van der Waals surface area contributed by atoms with Crippen molar-refractivity contribution >= 4 is 32.8 Å². The minimum absolute atomic E-state index is 0.105. The highest BCUT2D eigenvalue weighted by Crippen LogP contribution is 2.30.